The summed E-state index contributed by atoms with van der Waals surface area (Å²) in [6.45, 7) is 3.51. The van der Waals surface area contributed by atoms with Crippen LogP contribution in [0.1, 0.15) is 7.19 Å². The van der Waals surface area contributed by atoms with Gasteiger partial charge in [-0.15, -0.1) is 0 Å². The Labute approximate surface area is 38.1 Å². The lowest BCUT2D eigenvalue weighted by molar-refractivity contribution is 0.549. The third kappa shape index (κ3) is 0.432. The second kappa shape index (κ2) is 1.17. The highest BCUT2D eigenvalue weighted by atomic mass is 16.3. The van der Waals surface area contributed by atoms with Crippen LogP contribution in [-0.2, 0) is 0 Å². The molecule has 1 nitrogen and oxygen atoms in total. The van der Waals surface area contributed by atoms with Crippen molar-refractivity contribution in [3.8, 4) is 0 Å². The zero-order valence-electron chi connectivity index (χ0n) is 4.35. The fraction of sp³-hybridized carbons (Fsp3) is 0. The topological polar surface area (TPSA) is 13.1 Å². The third-order valence-corrected chi connectivity index (χ3v) is 0.580. The number of hydrogen-bond acceptors (Lipinski definition) is 1. The number of rotatable bonds is 0. The summed E-state index contributed by atoms with van der Waals surface area (Å²) in [5.41, 5.74) is 0. The largest absolute Gasteiger partial charge is 1.00 e. The molecule has 0 aliphatic carbocycles. The fourth-order valence-corrected chi connectivity index (χ4v) is 0.313. The number of hydrogen-bond donors (Lipinski definition) is 0. The lowest BCUT2D eigenvalue weighted by Crippen LogP contribution is -1.48. The van der Waals surface area contributed by atoms with Crippen LogP contribution in [0, 0.1) is 6.92 Å². The lowest BCUT2D eigenvalue weighted by atomic mass is 10.5. The molecule has 1 heterocycles. The van der Waals surface area contributed by atoms with Crippen molar-refractivity contribution in [1.82, 2.24) is 0 Å². The van der Waals surface area contributed by atoms with E-state index in [-0.39, 0.29) is 1.43 Å². The van der Waals surface area contributed by atoms with E-state index in [0.717, 1.165) is 5.76 Å². The Hall–Kier alpha value is -0.720. The molecule has 0 bridgehead atoms. The molecule has 0 unspecified atom stereocenters. The van der Waals surface area contributed by atoms with Crippen LogP contribution in [-0.4, -0.2) is 0 Å². The van der Waals surface area contributed by atoms with E-state index in [1.54, 1.807) is 12.3 Å². The Kier molecular flexibility index (Phi) is 0.675. The molecule has 0 aliphatic heterocycles. The molecule has 0 N–H and O–H groups in total. The molecule has 6 heavy (non-hydrogen) atoms. The SMILES string of the molecule is [CH2]c1ccco1.[H+]. The van der Waals surface area contributed by atoms with Crippen LogP contribution in [0.25, 0.3) is 0 Å². The zero-order valence-corrected chi connectivity index (χ0v) is 3.35. The maximum absolute atomic E-state index is 4.72. The zero-order chi connectivity index (χ0) is 4.41. The normalized spacial score (nSPS) is 8.83. The Morgan fingerprint density at radius 3 is 2.83 bits per heavy atom. The van der Waals surface area contributed by atoms with Crippen molar-refractivity contribution in [3.63, 3.8) is 0 Å². The lowest BCUT2D eigenvalue weighted by Gasteiger charge is -1.68. The smallest absolute Gasteiger partial charge is 0.469 e. The highest BCUT2D eigenvalue weighted by Crippen LogP contribution is 1.93. The quantitative estimate of drug-likeness (QED) is 0.463. The highest BCUT2D eigenvalue weighted by molar-refractivity contribution is 5.00. The molecular weight excluding hydrogens is 76.1 g/mol. The summed E-state index contributed by atoms with van der Waals surface area (Å²) in [6.07, 6.45) is 1.60. The van der Waals surface area contributed by atoms with Crippen LogP contribution in [0.4, 0.5) is 0 Å². The summed E-state index contributed by atoms with van der Waals surface area (Å²) in [5, 5.41) is 0. The Balaban J connectivity index is 0.000000360. The van der Waals surface area contributed by atoms with Crippen LogP contribution >= 0.6 is 0 Å². The molecule has 1 rings (SSSR count). The second-order valence-electron chi connectivity index (χ2n) is 1.08. The molecular formula is C5H6O+. The van der Waals surface area contributed by atoms with Crippen LogP contribution in [0.15, 0.2) is 22.8 Å². The minimum atomic E-state index is 0. The van der Waals surface area contributed by atoms with Crippen LogP contribution in [0.2, 0.25) is 0 Å². The van der Waals surface area contributed by atoms with Gasteiger partial charge in [0.05, 0.1) is 6.26 Å². The first-order valence-electron chi connectivity index (χ1n) is 1.75. The summed E-state index contributed by atoms with van der Waals surface area (Å²) < 4.78 is 4.72. The molecule has 0 spiro atoms. The van der Waals surface area contributed by atoms with E-state index in [2.05, 4.69) is 6.92 Å². The third-order valence-electron chi connectivity index (χ3n) is 0.580. The van der Waals surface area contributed by atoms with E-state index in [9.17, 15) is 0 Å². The van der Waals surface area contributed by atoms with Gasteiger partial charge in [-0.3, -0.25) is 0 Å². The number of furan rings is 1. The van der Waals surface area contributed by atoms with Crippen molar-refractivity contribution in [2.75, 3.05) is 0 Å². The summed E-state index contributed by atoms with van der Waals surface area (Å²) in [7, 11) is 0. The first-order chi connectivity index (χ1) is 2.89. The highest BCUT2D eigenvalue weighted by Gasteiger charge is 1.76. The summed E-state index contributed by atoms with van der Waals surface area (Å²) in [6, 6.07) is 3.61. The van der Waals surface area contributed by atoms with Crippen molar-refractivity contribution in [3.05, 3.63) is 31.1 Å². The maximum atomic E-state index is 4.72. The molecule has 0 aromatic carbocycles. The molecule has 0 saturated carbocycles. The van der Waals surface area contributed by atoms with Gasteiger partial charge in [0.2, 0.25) is 0 Å². The van der Waals surface area contributed by atoms with E-state index < -0.39 is 0 Å². The molecule has 1 aromatic heterocycles. The van der Waals surface area contributed by atoms with Gasteiger partial charge in [0.15, 0.2) is 0 Å². The predicted octanol–water partition coefficient (Wildman–Crippen LogP) is 1.57. The van der Waals surface area contributed by atoms with Crippen molar-refractivity contribution >= 4 is 0 Å². The van der Waals surface area contributed by atoms with Gasteiger partial charge in [-0.1, -0.05) is 0 Å². The van der Waals surface area contributed by atoms with Gasteiger partial charge in [0.1, 0.15) is 5.76 Å². The van der Waals surface area contributed by atoms with Crippen molar-refractivity contribution in [1.29, 1.82) is 0 Å². The van der Waals surface area contributed by atoms with Gasteiger partial charge < -0.3 is 4.42 Å². The van der Waals surface area contributed by atoms with Gasteiger partial charge in [-0.2, -0.15) is 0 Å². The van der Waals surface area contributed by atoms with E-state index in [4.69, 9.17) is 4.42 Å². The van der Waals surface area contributed by atoms with E-state index in [1.807, 2.05) is 6.07 Å². The predicted molar refractivity (Wildman–Crippen MR) is 24.3 cm³/mol. The Morgan fingerprint density at radius 1 is 1.83 bits per heavy atom. The summed E-state index contributed by atoms with van der Waals surface area (Å²) in [4.78, 5) is 0. The molecule has 31 valence electrons. The summed E-state index contributed by atoms with van der Waals surface area (Å²) >= 11 is 0. The molecule has 0 saturated heterocycles. The standard InChI is InChI=1S/C5H5O/c1-5-3-2-4-6-5/h2-4H,1H2/p+1. The van der Waals surface area contributed by atoms with Gasteiger partial charge in [0, 0.05) is 6.92 Å². The van der Waals surface area contributed by atoms with Crippen molar-refractivity contribution in [2.45, 2.75) is 0 Å². The molecule has 0 fully saturated rings. The molecule has 1 aromatic rings. The van der Waals surface area contributed by atoms with Crippen molar-refractivity contribution in [2.24, 2.45) is 0 Å². The first-order valence-corrected chi connectivity index (χ1v) is 1.75. The van der Waals surface area contributed by atoms with Crippen LogP contribution < -0.4 is 0 Å². The van der Waals surface area contributed by atoms with Crippen LogP contribution in [0.5, 0.6) is 0 Å². The Morgan fingerprint density at radius 2 is 2.67 bits per heavy atom. The van der Waals surface area contributed by atoms with Gasteiger partial charge in [0.25, 0.3) is 0 Å². The van der Waals surface area contributed by atoms with Gasteiger partial charge in [-0.25, -0.2) is 0 Å². The van der Waals surface area contributed by atoms with E-state index in [0.29, 0.717) is 0 Å². The second-order valence-corrected chi connectivity index (χ2v) is 1.08. The first kappa shape index (κ1) is 3.47. The van der Waals surface area contributed by atoms with Crippen molar-refractivity contribution < 1.29 is 5.84 Å². The molecule has 1 heteroatoms. The molecule has 0 atom stereocenters. The minimum Gasteiger partial charge on any atom is -0.469 e. The van der Waals surface area contributed by atoms with Crippen LogP contribution in [0.3, 0.4) is 0 Å². The van der Waals surface area contributed by atoms with E-state index >= 15 is 0 Å². The molecule has 0 aliphatic rings. The van der Waals surface area contributed by atoms with E-state index in [1.165, 1.54) is 0 Å². The average molecular weight is 82.1 g/mol. The monoisotopic (exact) mass is 82.0 g/mol. The molecule has 1 radical (unpaired) electrons. The minimum absolute atomic E-state index is 0. The molecule has 0 amide bonds. The Bertz CT molecular complexity index is 112. The maximum Gasteiger partial charge on any atom is 1.00 e. The fourth-order valence-electron chi connectivity index (χ4n) is 0.313. The van der Waals surface area contributed by atoms with Gasteiger partial charge in [-0.05, 0) is 12.1 Å². The van der Waals surface area contributed by atoms with Gasteiger partial charge >= 0.3 is 1.43 Å². The summed E-state index contributed by atoms with van der Waals surface area (Å²) in [5.74, 6) is 0.718. The average Bonchev–Trinajstić information content (AvgIpc) is 1.86.